The van der Waals surface area contributed by atoms with E-state index in [0.717, 1.165) is 36.5 Å². The van der Waals surface area contributed by atoms with E-state index >= 15 is 0 Å². The summed E-state index contributed by atoms with van der Waals surface area (Å²) in [5, 5.41) is 17.0. The summed E-state index contributed by atoms with van der Waals surface area (Å²) >= 11 is 0. The third kappa shape index (κ3) is 4.42. The van der Waals surface area contributed by atoms with Crippen LogP contribution in [0.1, 0.15) is 29.3 Å². The van der Waals surface area contributed by atoms with E-state index in [2.05, 4.69) is 22.5 Å². The van der Waals surface area contributed by atoms with Crippen LogP contribution in [0.3, 0.4) is 0 Å². The first-order chi connectivity index (χ1) is 11.5. The van der Waals surface area contributed by atoms with Crippen LogP contribution in [0, 0.1) is 10.1 Å². The Kier molecular flexibility index (Phi) is 5.67. The Morgan fingerprint density at radius 2 is 2.00 bits per heavy atom. The van der Waals surface area contributed by atoms with Crippen LogP contribution in [-0.2, 0) is 6.54 Å². The Balaban J connectivity index is 2.08. The number of primary amides is 1. The van der Waals surface area contributed by atoms with Crippen LogP contribution in [-0.4, -0.2) is 22.4 Å². The molecule has 2 aromatic rings. The van der Waals surface area contributed by atoms with E-state index in [4.69, 9.17) is 5.73 Å². The number of pyridine rings is 1. The van der Waals surface area contributed by atoms with Gasteiger partial charge in [0.1, 0.15) is 12.0 Å². The first-order valence-electron chi connectivity index (χ1n) is 7.52. The number of benzene rings is 1. The van der Waals surface area contributed by atoms with Crippen molar-refractivity contribution in [3.05, 3.63) is 57.8 Å². The lowest BCUT2D eigenvalue weighted by molar-refractivity contribution is -0.385. The largest absolute Gasteiger partial charge is 0.385 e. The first kappa shape index (κ1) is 17.2. The van der Waals surface area contributed by atoms with Crippen molar-refractivity contribution < 1.29 is 9.72 Å². The molecular formula is C16H19N5O3. The van der Waals surface area contributed by atoms with Crippen molar-refractivity contribution in [1.82, 2.24) is 4.98 Å². The molecule has 24 heavy (non-hydrogen) atoms. The molecule has 0 aliphatic carbocycles. The molecular weight excluding hydrogens is 310 g/mol. The lowest BCUT2D eigenvalue weighted by Gasteiger charge is -2.10. The number of nitro groups is 1. The highest BCUT2D eigenvalue weighted by atomic mass is 16.6. The fraction of sp³-hybridized carbons (Fsp3) is 0.250. The first-order valence-corrected chi connectivity index (χ1v) is 7.52. The van der Waals surface area contributed by atoms with Gasteiger partial charge in [0.25, 0.3) is 11.6 Å². The van der Waals surface area contributed by atoms with Gasteiger partial charge < -0.3 is 16.4 Å². The number of nitrogens with one attached hydrogen (secondary N) is 2. The van der Waals surface area contributed by atoms with Crippen molar-refractivity contribution in [1.29, 1.82) is 0 Å². The van der Waals surface area contributed by atoms with Crippen LogP contribution >= 0.6 is 0 Å². The van der Waals surface area contributed by atoms with Gasteiger partial charge in [-0.1, -0.05) is 19.1 Å². The number of hydrogen-bond donors (Lipinski definition) is 3. The molecule has 0 bridgehead atoms. The Morgan fingerprint density at radius 3 is 2.58 bits per heavy atom. The van der Waals surface area contributed by atoms with Crippen LogP contribution in [0.2, 0.25) is 0 Å². The number of aromatic nitrogens is 1. The Bertz CT molecular complexity index is 731. The van der Waals surface area contributed by atoms with Crippen molar-refractivity contribution in [2.45, 2.75) is 19.9 Å². The fourth-order valence-corrected chi connectivity index (χ4v) is 2.08. The van der Waals surface area contributed by atoms with Gasteiger partial charge in [-0.25, -0.2) is 4.98 Å². The molecule has 1 aromatic heterocycles. The van der Waals surface area contributed by atoms with Crippen molar-refractivity contribution in [2.75, 3.05) is 17.2 Å². The summed E-state index contributed by atoms with van der Waals surface area (Å²) in [5.41, 5.74) is 7.00. The molecule has 0 atom stereocenters. The molecule has 4 N–H and O–H groups in total. The molecule has 0 fully saturated rings. The van der Waals surface area contributed by atoms with Gasteiger partial charge in [0.05, 0.1) is 10.5 Å². The number of nitrogens with two attached hydrogens (primary N) is 1. The summed E-state index contributed by atoms with van der Waals surface area (Å²) in [6.45, 7) is 3.42. The molecule has 1 heterocycles. The topological polar surface area (TPSA) is 123 Å². The molecule has 1 amide bonds. The van der Waals surface area contributed by atoms with E-state index in [0.29, 0.717) is 6.54 Å². The Labute approximate surface area is 139 Å². The number of nitrogens with zero attached hydrogens (tertiary/aromatic N) is 2. The third-order valence-corrected chi connectivity index (χ3v) is 3.34. The highest BCUT2D eigenvalue weighted by Crippen LogP contribution is 2.19. The Morgan fingerprint density at radius 1 is 1.29 bits per heavy atom. The highest BCUT2D eigenvalue weighted by Gasteiger charge is 2.16. The van der Waals surface area contributed by atoms with Gasteiger partial charge in [0.2, 0.25) is 0 Å². The maximum absolute atomic E-state index is 11.5. The van der Waals surface area contributed by atoms with Gasteiger partial charge in [0, 0.05) is 24.8 Å². The standard InChI is InChI=1S/C16H19N5O3/c1-2-7-18-12-5-3-11(4-6-12)9-19-16-14(15(17)22)8-13(10-20-16)21(23)24/h3-6,8,10,18H,2,7,9H2,1H3,(H2,17,22)(H,19,20). The second kappa shape index (κ2) is 7.91. The van der Waals surface area contributed by atoms with Crippen LogP contribution in [0.15, 0.2) is 36.5 Å². The van der Waals surface area contributed by atoms with Crippen molar-refractivity contribution in [2.24, 2.45) is 5.73 Å². The average Bonchev–Trinajstić information content (AvgIpc) is 2.58. The molecule has 0 aliphatic rings. The van der Waals surface area contributed by atoms with Gasteiger partial charge in [-0.2, -0.15) is 0 Å². The van der Waals surface area contributed by atoms with Gasteiger partial charge in [-0.15, -0.1) is 0 Å². The minimum atomic E-state index is -0.771. The summed E-state index contributed by atoms with van der Waals surface area (Å²) in [6.07, 6.45) is 2.14. The van der Waals surface area contributed by atoms with E-state index < -0.39 is 10.8 Å². The molecule has 0 spiro atoms. The SMILES string of the molecule is CCCNc1ccc(CNc2ncc([N+](=O)[O-])cc2C(N)=O)cc1. The van der Waals surface area contributed by atoms with Crippen LogP contribution in [0.4, 0.5) is 17.2 Å². The molecule has 8 nitrogen and oxygen atoms in total. The van der Waals surface area contributed by atoms with Gasteiger partial charge in [0.15, 0.2) is 0 Å². The monoisotopic (exact) mass is 329 g/mol. The van der Waals surface area contributed by atoms with Gasteiger partial charge in [-0.3, -0.25) is 14.9 Å². The lowest BCUT2D eigenvalue weighted by atomic mass is 10.2. The summed E-state index contributed by atoms with van der Waals surface area (Å²) in [4.78, 5) is 25.5. The highest BCUT2D eigenvalue weighted by molar-refractivity contribution is 5.98. The molecule has 0 saturated carbocycles. The number of amides is 1. The molecule has 0 saturated heterocycles. The molecule has 0 unspecified atom stereocenters. The summed E-state index contributed by atoms with van der Waals surface area (Å²) < 4.78 is 0. The number of anilines is 2. The molecule has 1 aromatic carbocycles. The minimum Gasteiger partial charge on any atom is -0.385 e. The normalized spacial score (nSPS) is 10.2. The third-order valence-electron chi connectivity index (χ3n) is 3.34. The van der Waals surface area contributed by atoms with Crippen molar-refractivity contribution in [3.8, 4) is 0 Å². The fourth-order valence-electron chi connectivity index (χ4n) is 2.08. The predicted molar refractivity (Wildman–Crippen MR) is 92.0 cm³/mol. The second-order valence-corrected chi connectivity index (χ2v) is 5.19. The number of carbonyl (C=O) groups excluding carboxylic acids is 1. The van der Waals surface area contributed by atoms with E-state index in [-0.39, 0.29) is 17.1 Å². The second-order valence-electron chi connectivity index (χ2n) is 5.19. The number of rotatable bonds is 8. The molecule has 126 valence electrons. The van der Waals surface area contributed by atoms with Gasteiger partial charge in [-0.05, 0) is 24.1 Å². The van der Waals surface area contributed by atoms with E-state index in [1.807, 2.05) is 24.3 Å². The van der Waals surface area contributed by atoms with Gasteiger partial charge >= 0.3 is 0 Å². The lowest BCUT2D eigenvalue weighted by Crippen LogP contribution is -2.16. The van der Waals surface area contributed by atoms with Crippen LogP contribution in [0.25, 0.3) is 0 Å². The maximum atomic E-state index is 11.5. The zero-order valence-electron chi connectivity index (χ0n) is 13.3. The van der Waals surface area contributed by atoms with Crippen molar-refractivity contribution >= 4 is 23.1 Å². The average molecular weight is 329 g/mol. The smallest absolute Gasteiger partial charge is 0.288 e. The number of carbonyl (C=O) groups is 1. The van der Waals surface area contributed by atoms with E-state index in [9.17, 15) is 14.9 Å². The Hall–Kier alpha value is -3.16. The molecule has 0 radical (unpaired) electrons. The molecule has 0 aliphatic heterocycles. The molecule has 8 heteroatoms. The molecule has 2 rings (SSSR count). The summed E-state index contributed by atoms with van der Waals surface area (Å²) in [5.74, 6) is -0.547. The van der Waals surface area contributed by atoms with Crippen LogP contribution in [0.5, 0.6) is 0 Å². The van der Waals surface area contributed by atoms with Crippen molar-refractivity contribution in [3.63, 3.8) is 0 Å². The van der Waals surface area contributed by atoms with Crippen LogP contribution < -0.4 is 16.4 Å². The minimum absolute atomic E-state index is 0.00886. The maximum Gasteiger partial charge on any atom is 0.288 e. The zero-order valence-corrected chi connectivity index (χ0v) is 13.3. The van der Waals surface area contributed by atoms with E-state index in [1.54, 1.807) is 0 Å². The van der Waals surface area contributed by atoms with E-state index in [1.165, 1.54) is 0 Å². The summed E-state index contributed by atoms with van der Waals surface area (Å²) in [7, 11) is 0. The quantitative estimate of drug-likeness (QED) is 0.505. The zero-order chi connectivity index (χ0) is 17.5. The predicted octanol–water partition coefficient (Wildman–Crippen LogP) is 2.52. The number of hydrogen-bond acceptors (Lipinski definition) is 6. The summed E-state index contributed by atoms with van der Waals surface area (Å²) in [6, 6.07) is 8.94.